The maximum Gasteiger partial charge on any atom is 0.157 e. The van der Waals surface area contributed by atoms with Crippen molar-refractivity contribution in [3.05, 3.63) is 41.7 Å². The number of aromatic nitrogens is 2. The first-order valence-corrected chi connectivity index (χ1v) is 5.86. The predicted molar refractivity (Wildman–Crippen MR) is 68.4 cm³/mol. The first kappa shape index (κ1) is 12.4. The molecule has 18 heavy (non-hydrogen) atoms. The van der Waals surface area contributed by atoms with Crippen LogP contribution in [0.2, 0.25) is 0 Å². The first-order valence-electron chi connectivity index (χ1n) is 5.86. The molecular formula is C13H17N3O2. The molecule has 5 nitrogen and oxygen atoms in total. The van der Waals surface area contributed by atoms with Gasteiger partial charge < -0.3 is 15.5 Å². The van der Waals surface area contributed by atoms with Crippen LogP contribution in [0.3, 0.4) is 0 Å². The number of aryl methyl sites for hydroxylation is 1. The van der Waals surface area contributed by atoms with Crippen LogP contribution in [0.1, 0.15) is 11.1 Å². The second-order valence-electron chi connectivity index (χ2n) is 4.28. The van der Waals surface area contributed by atoms with E-state index in [-0.39, 0.29) is 11.5 Å². The van der Waals surface area contributed by atoms with Gasteiger partial charge >= 0.3 is 0 Å². The van der Waals surface area contributed by atoms with Crippen molar-refractivity contribution in [3.63, 3.8) is 0 Å². The maximum absolute atomic E-state index is 9.35. The molecule has 5 heteroatoms. The molecule has 0 atom stereocenters. The lowest BCUT2D eigenvalue weighted by atomic mass is 10.2. The number of hydrogen-bond acceptors (Lipinski definition) is 4. The molecule has 3 N–H and O–H groups in total. The van der Waals surface area contributed by atoms with Crippen LogP contribution in [0.5, 0.6) is 11.5 Å². The number of nitrogens with zero attached hydrogens (tertiary/aromatic N) is 2. The second-order valence-corrected chi connectivity index (χ2v) is 4.28. The van der Waals surface area contributed by atoms with Crippen LogP contribution in [-0.4, -0.2) is 26.5 Å². The van der Waals surface area contributed by atoms with E-state index in [1.807, 2.05) is 24.0 Å². The molecule has 0 aliphatic rings. The fourth-order valence-corrected chi connectivity index (χ4v) is 1.69. The molecule has 0 saturated heterocycles. The largest absolute Gasteiger partial charge is 0.504 e. The molecular weight excluding hydrogens is 230 g/mol. The topological polar surface area (TPSA) is 70.3 Å². The normalized spacial score (nSPS) is 10.7. The molecule has 0 aliphatic heterocycles. The molecule has 0 bridgehead atoms. The smallest absolute Gasteiger partial charge is 0.157 e. The minimum absolute atomic E-state index is 0.0861. The number of phenolic OH excluding ortho intramolecular Hbond substituents is 2. The summed E-state index contributed by atoms with van der Waals surface area (Å²) in [6.07, 6.45) is 3.83. The molecule has 1 aromatic carbocycles. The highest BCUT2D eigenvalue weighted by molar-refractivity contribution is 5.40. The molecule has 0 radical (unpaired) electrons. The summed E-state index contributed by atoms with van der Waals surface area (Å²) in [6.45, 7) is 4.25. The Morgan fingerprint density at radius 3 is 2.78 bits per heavy atom. The van der Waals surface area contributed by atoms with Gasteiger partial charge in [-0.1, -0.05) is 6.07 Å². The van der Waals surface area contributed by atoms with Gasteiger partial charge in [0.15, 0.2) is 11.5 Å². The fourth-order valence-electron chi connectivity index (χ4n) is 1.69. The molecule has 1 heterocycles. The lowest BCUT2D eigenvalue weighted by Gasteiger charge is -2.06. The van der Waals surface area contributed by atoms with Gasteiger partial charge in [-0.2, -0.15) is 5.10 Å². The van der Waals surface area contributed by atoms with Gasteiger partial charge in [-0.3, -0.25) is 4.68 Å². The number of aromatic hydroxyl groups is 2. The minimum Gasteiger partial charge on any atom is -0.504 e. The van der Waals surface area contributed by atoms with E-state index in [4.69, 9.17) is 0 Å². The summed E-state index contributed by atoms with van der Waals surface area (Å²) in [4.78, 5) is 0. The van der Waals surface area contributed by atoms with Crippen molar-refractivity contribution in [1.82, 2.24) is 15.1 Å². The van der Waals surface area contributed by atoms with Crippen molar-refractivity contribution < 1.29 is 10.2 Å². The van der Waals surface area contributed by atoms with Crippen LogP contribution in [-0.2, 0) is 13.1 Å². The molecule has 0 amide bonds. The van der Waals surface area contributed by atoms with Gasteiger partial charge in [-0.05, 0) is 30.2 Å². The third-order valence-corrected chi connectivity index (χ3v) is 2.65. The Hall–Kier alpha value is -2.01. The summed E-state index contributed by atoms with van der Waals surface area (Å²) in [7, 11) is 0. The van der Waals surface area contributed by atoms with Crippen molar-refractivity contribution in [2.45, 2.75) is 20.0 Å². The SMILES string of the molecule is Cc1cnn(CCNCc2ccc(O)c(O)c2)c1. The van der Waals surface area contributed by atoms with Crippen molar-refractivity contribution in [2.24, 2.45) is 0 Å². The predicted octanol–water partition coefficient (Wildman–Crippen LogP) is 1.39. The molecule has 2 rings (SSSR count). The maximum atomic E-state index is 9.35. The van der Waals surface area contributed by atoms with Gasteiger partial charge in [0.05, 0.1) is 12.7 Å². The Balaban J connectivity index is 1.76. The zero-order valence-corrected chi connectivity index (χ0v) is 10.3. The standard InChI is InChI=1S/C13H17N3O2/c1-10-7-15-16(9-10)5-4-14-8-11-2-3-12(17)13(18)6-11/h2-3,6-7,9,14,17-18H,4-5,8H2,1H3. The summed E-state index contributed by atoms with van der Waals surface area (Å²) in [5.41, 5.74) is 2.08. The third-order valence-electron chi connectivity index (χ3n) is 2.65. The second kappa shape index (κ2) is 5.55. The Morgan fingerprint density at radius 2 is 2.11 bits per heavy atom. The molecule has 0 unspecified atom stereocenters. The van der Waals surface area contributed by atoms with E-state index in [9.17, 15) is 10.2 Å². The summed E-state index contributed by atoms with van der Waals surface area (Å²) in [5.74, 6) is -0.178. The molecule has 2 aromatic rings. The van der Waals surface area contributed by atoms with E-state index in [0.717, 1.165) is 24.2 Å². The number of phenols is 2. The highest BCUT2D eigenvalue weighted by Gasteiger charge is 2.00. The monoisotopic (exact) mass is 247 g/mol. The van der Waals surface area contributed by atoms with Crippen molar-refractivity contribution in [3.8, 4) is 11.5 Å². The van der Waals surface area contributed by atoms with Gasteiger partial charge in [0.2, 0.25) is 0 Å². The van der Waals surface area contributed by atoms with E-state index in [1.165, 1.54) is 6.07 Å². The van der Waals surface area contributed by atoms with Gasteiger partial charge in [0, 0.05) is 19.3 Å². The van der Waals surface area contributed by atoms with Gasteiger partial charge in [0.25, 0.3) is 0 Å². The average molecular weight is 247 g/mol. The van der Waals surface area contributed by atoms with Crippen LogP contribution in [0.15, 0.2) is 30.6 Å². The van der Waals surface area contributed by atoms with Crippen molar-refractivity contribution >= 4 is 0 Å². The summed E-state index contributed by atoms with van der Waals surface area (Å²) in [6, 6.07) is 4.82. The Labute approximate surface area is 106 Å². The van der Waals surface area contributed by atoms with Crippen molar-refractivity contribution in [2.75, 3.05) is 6.54 Å². The lowest BCUT2D eigenvalue weighted by molar-refractivity contribution is 0.403. The van der Waals surface area contributed by atoms with Crippen molar-refractivity contribution in [1.29, 1.82) is 0 Å². The van der Waals surface area contributed by atoms with E-state index >= 15 is 0 Å². The van der Waals surface area contributed by atoms with Gasteiger partial charge in [-0.15, -0.1) is 0 Å². The lowest BCUT2D eigenvalue weighted by Crippen LogP contribution is -2.19. The van der Waals surface area contributed by atoms with Gasteiger partial charge in [0.1, 0.15) is 0 Å². The molecule has 0 aliphatic carbocycles. The van der Waals surface area contributed by atoms with E-state index in [1.54, 1.807) is 12.1 Å². The molecule has 1 aromatic heterocycles. The molecule has 0 spiro atoms. The summed E-state index contributed by atoms with van der Waals surface area (Å²) >= 11 is 0. The zero-order valence-electron chi connectivity index (χ0n) is 10.3. The Kier molecular flexibility index (Phi) is 3.84. The summed E-state index contributed by atoms with van der Waals surface area (Å²) < 4.78 is 1.89. The van der Waals surface area contributed by atoms with E-state index in [0.29, 0.717) is 6.54 Å². The first-order chi connectivity index (χ1) is 8.65. The highest BCUT2D eigenvalue weighted by atomic mass is 16.3. The van der Waals surface area contributed by atoms with Crippen LogP contribution >= 0.6 is 0 Å². The van der Waals surface area contributed by atoms with Gasteiger partial charge in [-0.25, -0.2) is 0 Å². The number of rotatable bonds is 5. The molecule has 0 fully saturated rings. The number of nitrogens with one attached hydrogen (secondary N) is 1. The average Bonchev–Trinajstić information content (AvgIpc) is 2.75. The highest BCUT2D eigenvalue weighted by Crippen LogP contribution is 2.24. The number of hydrogen-bond donors (Lipinski definition) is 3. The molecule has 0 saturated carbocycles. The van der Waals surface area contributed by atoms with E-state index < -0.39 is 0 Å². The van der Waals surface area contributed by atoms with Crippen LogP contribution < -0.4 is 5.32 Å². The fraction of sp³-hybridized carbons (Fsp3) is 0.308. The summed E-state index contributed by atoms with van der Waals surface area (Å²) in [5, 5.41) is 26.0. The quantitative estimate of drug-likeness (QED) is 0.551. The van der Waals surface area contributed by atoms with Crippen LogP contribution in [0.25, 0.3) is 0 Å². The minimum atomic E-state index is -0.0919. The Bertz CT molecular complexity index is 523. The number of benzene rings is 1. The van der Waals surface area contributed by atoms with Crippen LogP contribution in [0, 0.1) is 6.92 Å². The Morgan fingerprint density at radius 1 is 1.28 bits per heavy atom. The van der Waals surface area contributed by atoms with E-state index in [2.05, 4.69) is 10.4 Å². The molecule has 96 valence electrons. The zero-order chi connectivity index (χ0) is 13.0. The third kappa shape index (κ3) is 3.24. The van der Waals surface area contributed by atoms with Crippen LogP contribution in [0.4, 0.5) is 0 Å².